The van der Waals surface area contributed by atoms with Crippen molar-refractivity contribution in [2.45, 2.75) is 52.0 Å². The van der Waals surface area contributed by atoms with Crippen molar-refractivity contribution >= 4 is 12.0 Å². The van der Waals surface area contributed by atoms with Gasteiger partial charge < -0.3 is 20.5 Å². The fraction of sp³-hybridized carbons (Fsp3) is 0.846. The Hall–Kier alpha value is -1.30. The summed E-state index contributed by atoms with van der Waals surface area (Å²) in [6.07, 6.45) is 2.76. The molecule has 0 rings (SSSR count). The van der Waals surface area contributed by atoms with Gasteiger partial charge in [0.25, 0.3) is 0 Å². The van der Waals surface area contributed by atoms with Gasteiger partial charge in [-0.2, -0.15) is 0 Å². The number of ether oxygens (including phenoxy) is 1. The second kappa shape index (κ2) is 9.61. The molecule has 6 nitrogen and oxygen atoms in total. The molecule has 0 saturated carbocycles. The minimum absolute atomic E-state index is 0.346. The van der Waals surface area contributed by atoms with Crippen LogP contribution in [0.4, 0.5) is 4.79 Å². The number of unbranched alkanes of at least 4 members (excludes halogenated alkanes) is 1. The number of hydrogen-bond donors (Lipinski definition) is 3. The zero-order chi connectivity index (χ0) is 14.7. The molecule has 0 spiro atoms. The van der Waals surface area contributed by atoms with Crippen LogP contribution in [0, 0.1) is 0 Å². The summed E-state index contributed by atoms with van der Waals surface area (Å²) in [4.78, 5) is 22.8. The van der Waals surface area contributed by atoms with E-state index in [0.717, 1.165) is 12.8 Å². The van der Waals surface area contributed by atoms with Crippen molar-refractivity contribution in [3.63, 3.8) is 0 Å². The fourth-order valence-electron chi connectivity index (χ4n) is 1.63. The number of carboxylic acid groups (broad SMARTS) is 1. The Kier molecular flexibility index (Phi) is 8.95. The van der Waals surface area contributed by atoms with Crippen molar-refractivity contribution in [3.05, 3.63) is 0 Å². The van der Waals surface area contributed by atoms with E-state index in [-0.39, 0.29) is 0 Å². The Balaban J connectivity index is 3.98. The summed E-state index contributed by atoms with van der Waals surface area (Å²) in [7, 11) is 0. The lowest BCUT2D eigenvalue weighted by atomic mass is 9.93. The number of carboxylic acids is 1. The lowest BCUT2D eigenvalue weighted by Crippen LogP contribution is -2.56. The molecule has 0 aromatic carbocycles. The largest absolute Gasteiger partial charge is 0.480 e. The third-order valence-electron chi connectivity index (χ3n) is 3.14. The first-order valence-corrected chi connectivity index (χ1v) is 6.89. The minimum atomic E-state index is -1.19. The number of carbonyl (C=O) groups excluding carboxylic acids is 1. The van der Waals surface area contributed by atoms with Crippen molar-refractivity contribution in [2.24, 2.45) is 0 Å². The Morgan fingerprint density at radius 1 is 1.16 bits per heavy atom. The van der Waals surface area contributed by atoms with E-state index >= 15 is 0 Å². The second-order valence-electron chi connectivity index (χ2n) is 4.44. The lowest BCUT2D eigenvalue weighted by molar-refractivity contribution is -0.144. The van der Waals surface area contributed by atoms with Crippen LogP contribution in [0.25, 0.3) is 0 Å². The van der Waals surface area contributed by atoms with Gasteiger partial charge in [-0.05, 0) is 19.3 Å². The summed E-state index contributed by atoms with van der Waals surface area (Å²) in [5.74, 6) is -1.01. The van der Waals surface area contributed by atoms with Crippen LogP contribution in [0.3, 0.4) is 0 Å². The van der Waals surface area contributed by atoms with E-state index in [2.05, 4.69) is 17.6 Å². The first kappa shape index (κ1) is 17.7. The zero-order valence-corrected chi connectivity index (χ0v) is 12.1. The number of urea groups is 1. The Morgan fingerprint density at radius 3 is 2.26 bits per heavy atom. The zero-order valence-electron chi connectivity index (χ0n) is 12.1. The molecule has 0 saturated heterocycles. The molecule has 0 radical (unpaired) electrons. The van der Waals surface area contributed by atoms with Gasteiger partial charge in [-0.3, -0.25) is 0 Å². The maximum absolute atomic E-state index is 11.6. The predicted octanol–water partition coefficient (Wildman–Crippen LogP) is 1.75. The first-order valence-electron chi connectivity index (χ1n) is 6.89. The first-order chi connectivity index (χ1) is 9.02. The number of aliphatic carboxylic acids is 1. The normalized spacial score (nSPS) is 11.1. The highest BCUT2D eigenvalue weighted by Gasteiger charge is 2.36. The van der Waals surface area contributed by atoms with Gasteiger partial charge in [0.1, 0.15) is 5.54 Å². The van der Waals surface area contributed by atoms with E-state index in [0.29, 0.717) is 32.6 Å². The molecule has 0 aromatic heterocycles. The van der Waals surface area contributed by atoms with Crippen LogP contribution in [0.15, 0.2) is 0 Å². The molecule has 3 N–H and O–H groups in total. The molecule has 0 bridgehead atoms. The summed E-state index contributed by atoms with van der Waals surface area (Å²) in [5, 5.41) is 14.3. The molecule has 0 fully saturated rings. The van der Waals surface area contributed by atoms with E-state index in [1.165, 1.54) is 0 Å². The summed E-state index contributed by atoms with van der Waals surface area (Å²) in [6, 6.07) is -0.467. The monoisotopic (exact) mass is 274 g/mol. The summed E-state index contributed by atoms with van der Waals surface area (Å²) in [5.41, 5.74) is -1.19. The van der Waals surface area contributed by atoms with E-state index in [4.69, 9.17) is 4.74 Å². The van der Waals surface area contributed by atoms with Crippen LogP contribution in [0.5, 0.6) is 0 Å². The van der Waals surface area contributed by atoms with Crippen LogP contribution in [-0.4, -0.2) is 42.4 Å². The standard InChI is InChI=1S/C13H26N2O4/c1-4-7-9-19-10-8-14-12(18)15-13(5-2,6-3)11(16)17/h4-10H2,1-3H3,(H,16,17)(H2,14,15,18). The average Bonchev–Trinajstić information content (AvgIpc) is 2.39. The van der Waals surface area contributed by atoms with E-state index < -0.39 is 17.5 Å². The number of carbonyl (C=O) groups is 2. The van der Waals surface area contributed by atoms with Crippen LogP contribution < -0.4 is 10.6 Å². The summed E-state index contributed by atoms with van der Waals surface area (Å²) in [6.45, 7) is 7.06. The summed E-state index contributed by atoms with van der Waals surface area (Å²) < 4.78 is 5.30. The smallest absolute Gasteiger partial charge is 0.329 e. The molecule has 0 heterocycles. The Labute approximate surface area is 114 Å². The fourth-order valence-corrected chi connectivity index (χ4v) is 1.63. The van der Waals surface area contributed by atoms with Crippen molar-refractivity contribution in [1.29, 1.82) is 0 Å². The van der Waals surface area contributed by atoms with Crippen molar-refractivity contribution in [3.8, 4) is 0 Å². The van der Waals surface area contributed by atoms with E-state index in [1.54, 1.807) is 13.8 Å². The second-order valence-corrected chi connectivity index (χ2v) is 4.44. The van der Waals surface area contributed by atoms with Gasteiger partial charge in [0, 0.05) is 13.2 Å². The highest BCUT2D eigenvalue weighted by Crippen LogP contribution is 2.14. The van der Waals surface area contributed by atoms with Crippen molar-refractivity contribution in [2.75, 3.05) is 19.8 Å². The number of hydrogen-bond acceptors (Lipinski definition) is 3. The van der Waals surface area contributed by atoms with Crippen LogP contribution >= 0.6 is 0 Å². The molecule has 19 heavy (non-hydrogen) atoms. The molecule has 0 atom stereocenters. The molecule has 0 aliphatic rings. The molecular weight excluding hydrogens is 248 g/mol. The SMILES string of the molecule is CCCCOCCNC(=O)NC(CC)(CC)C(=O)O. The van der Waals surface area contributed by atoms with Gasteiger partial charge in [0.15, 0.2) is 0 Å². The van der Waals surface area contributed by atoms with Gasteiger partial charge >= 0.3 is 12.0 Å². The molecule has 0 aliphatic heterocycles. The average molecular weight is 274 g/mol. The van der Waals surface area contributed by atoms with E-state index in [9.17, 15) is 14.7 Å². The molecule has 2 amide bonds. The molecule has 6 heteroatoms. The van der Waals surface area contributed by atoms with Crippen LogP contribution in [-0.2, 0) is 9.53 Å². The highest BCUT2D eigenvalue weighted by atomic mass is 16.5. The predicted molar refractivity (Wildman–Crippen MR) is 73.2 cm³/mol. The Morgan fingerprint density at radius 2 is 1.79 bits per heavy atom. The molecule has 0 aliphatic carbocycles. The third kappa shape index (κ3) is 6.42. The molecule has 112 valence electrons. The van der Waals surface area contributed by atoms with Gasteiger partial charge in [-0.25, -0.2) is 9.59 Å². The maximum atomic E-state index is 11.6. The highest BCUT2D eigenvalue weighted by molar-refractivity contribution is 5.86. The molecular formula is C13H26N2O4. The van der Waals surface area contributed by atoms with Crippen molar-refractivity contribution < 1.29 is 19.4 Å². The van der Waals surface area contributed by atoms with Crippen LogP contribution in [0.2, 0.25) is 0 Å². The lowest BCUT2D eigenvalue weighted by Gasteiger charge is -2.28. The van der Waals surface area contributed by atoms with Gasteiger partial charge in [-0.15, -0.1) is 0 Å². The number of amides is 2. The van der Waals surface area contributed by atoms with Crippen molar-refractivity contribution in [1.82, 2.24) is 10.6 Å². The van der Waals surface area contributed by atoms with Gasteiger partial charge in [-0.1, -0.05) is 27.2 Å². The van der Waals surface area contributed by atoms with Gasteiger partial charge in [0.2, 0.25) is 0 Å². The topological polar surface area (TPSA) is 87.7 Å². The quantitative estimate of drug-likeness (QED) is 0.530. The molecule has 0 unspecified atom stereocenters. The summed E-state index contributed by atoms with van der Waals surface area (Å²) >= 11 is 0. The van der Waals surface area contributed by atoms with E-state index in [1.807, 2.05) is 0 Å². The maximum Gasteiger partial charge on any atom is 0.329 e. The molecule has 0 aromatic rings. The number of rotatable bonds is 10. The third-order valence-corrected chi connectivity index (χ3v) is 3.14. The van der Waals surface area contributed by atoms with Crippen LogP contribution in [0.1, 0.15) is 46.5 Å². The van der Waals surface area contributed by atoms with Gasteiger partial charge in [0.05, 0.1) is 6.61 Å². The minimum Gasteiger partial charge on any atom is -0.480 e. The number of nitrogens with one attached hydrogen (secondary N) is 2. The Bertz CT molecular complexity index is 278.